The normalized spacial score (nSPS) is 10.6. The summed E-state index contributed by atoms with van der Waals surface area (Å²) in [6, 6.07) is 6.20. The van der Waals surface area contributed by atoms with Gasteiger partial charge >= 0.3 is 0 Å². The highest BCUT2D eigenvalue weighted by atomic mass is 32.1. The minimum Gasteiger partial charge on any atom is -0.493 e. The largest absolute Gasteiger partial charge is 0.493 e. The van der Waals surface area contributed by atoms with Crippen molar-refractivity contribution in [2.24, 2.45) is 0 Å². The summed E-state index contributed by atoms with van der Waals surface area (Å²) in [4.78, 5) is 4.28. The van der Waals surface area contributed by atoms with Gasteiger partial charge in [0.05, 0.1) is 23.9 Å². The lowest BCUT2D eigenvalue weighted by Crippen LogP contribution is -2.01. The summed E-state index contributed by atoms with van der Waals surface area (Å²) >= 11 is 1.56. The van der Waals surface area contributed by atoms with Gasteiger partial charge in [-0.1, -0.05) is 6.07 Å². The minimum atomic E-state index is 0.00836. The van der Waals surface area contributed by atoms with E-state index in [2.05, 4.69) is 24.9 Å². The highest BCUT2D eigenvalue weighted by Crippen LogP contribution is 2.17. The predicted molar refractivity (Wildman–Crippen MR) is 73.2 cm³/mol. The van der Waals surface area contributed by atoms with E-state index in [-0.39, 0.29) is 6.61 Å². The number of hydrogen-bond donors (Lipinski definition) is 1. The third kappa shape index (κ3) is 3.55. The highest BCUT2D eigenvalue weighted by molar-refractivity contribution is 7.09. The highest BCUT2D eigenvalue weighted by Gasteiger charge is 2.02. The fourth-order valence-corrected chi connectivity index (χ4v) is 2.58. The summed E-state index contributed by atoms with van der Waals surface area (Å²) in [5, 5.41) is 11.8. The molecule has 4 heteroatoms. The van der Waals surface area contributed by atoms with Crippen molar-refractivity contribution in [2.75, 3.05) is 6.61 Å². The fourth-order valence-electron chi connectivity index (χ4n) is 1.81. The molecular formula is C14H17NO2S. The van der Waals surface area contributed by atoms with Crippen LogP contribution in [0.5, 0.6) is 5.75 Å². The molecule has 0 saturated heterocycles. The molecule has 0 aliphatic heterocycles. The van der Waals surface area contributed by atoms with Crippen LogP contribution in [-0.2, 0) is 13.0 Å². The van der Waals surface area contributed by atoms with Crippen LogP contribution in [0.3, 0.4) is 0 Å². The van der Waals surface area contributed by atoms with Gasteiger partial charge in [-0.05, 0) is 37.1 Å². The van der Waals surface area contributed by atoms with E-state index in [9.17, 15) is 0 Å². The molecule has 2 rings (SSSR count). The molecule has 0 aliphatic carbocycles. The summed E-state index contributed by atoms with van der Waals surface area (Å²) in [6.45, 7) is 4.75. The zero-order chi connectivity index (χ0) is 13.0. The maximum Gasteiger partial charge on any atom is 0.119 e. The number of aromatic nitrogens is 1. The third-order valence-corrected chi connectivity index (χ3v) is 3.50. The number of aliphatic hydroxyl groups excluding tert-OH is 1. The second kappa shape index (κ2) is 5.98. The molecule has 1 N–H and O–H groups in total. The first kappa shape index (κ1) is 13.1. The molecule has 1 heterocycles. The van der Waals surface area contributed by atoms with Gasteiger partial charge in [0.15, 0.2) is 0 Å². The predicted octanol–water partition coefficient (Wildman–Crippen LogP) is 2.87. The Morgan fingerprint density at radius 2 is 1.94 bits per heavy atom. The minimum absolute atomic E-state index is 0.00836. The van der Waals surface area contributed by atoms with Gasteiger partial charge in [-0.25, -0.2) is 4.98 Å². The van der Waals surface area contributed by atoms with Crippen LogP contribution in [-0.4, -0.2) is 16.7 Å². The SMILES string of the molecule is Cc1cc(C)cc(OCCc2nc(CO)cs2)c1. The lowest BCUT2D eigenvalue weighted by molar-refractivity contribution is 0.277. The van der Waals surface area contributed by atoms with Crippen LogP contribution in [0.1, 0.15) is 21.8 Å². The molecule has 1 aromatic carbocycles. The smallest absolute Gasteiger partial charge is 0.119 e. The molecule has 3 nitrogen and oxygen atoms in total. The summed E-state index contributed by atoms with van der Waals surface area (Å²) < 4.78 is 5.72. The van der Waals surface area contributed by atoms with Crippen molar-refractivity contribution in [3.05, 3.63) is 45.4 Å². The van der Waals surface area contributed by atoms with E-state index in [1.165, 1.54) is 11.1 Å². The van der Waals surface area contributed by atoms with E-state index in [4.69, 9.17) is 9.84 Å². The first-order valence-corrected chi connectivity index (χ1v) is 6.80. The number of nitrogens with zero attached hydrogens (tertiary/aromatic N) is 1. The Morgan fingerprint density at radius 1 is 1.22 bits per heavy atom. The maximum atomic E-state index is 8.93. The number of hydrogen-bond acceptors (Lipinski definition) is 4. The maximum absolute atomic E-state index is 8.93. The van der Waals surface area contributed by atoms with Gasteiger partial charge in [0.1, 0.15) is 5.75 Å². The average molecular weight is 263 g/mol. The van der Waals surface area contributed by atoms with Gasteiger partial charge in [0.25, 0.3) is 0 Å². The molecule has 0 saturated carbocycles. The number of ether oxygens (including phenoxy) is 1. The van der Waals surface area contributed by atoms with Crippen LogP contribution in [0, 0.1) is 13.8 Å². The van der Waals surface area contributed by atoms with Crippen molar-refractivity contribution < 1.29 is 9.84 Å². The number of thiazole rings is 1. The second-order valence-corrected chi connectivity index (χ2v) is 5.26. The summed E-state index contributed by atoms with van der Waals surface area (Å²) in [7, 11) is 0. The molecule has 2 aromatic rings. The summed E-state index contributed by atoms with van der Waals surface area (Å²) in [5.41, 5.74) is 3.16. The van der Waals surface area contributed by atoms with Gasteiger partial charge < -0.3 is 9.84 Å². The van der Waals surface area contributed by atoms with Crippen molar-refractivity contribution in [1.82, 2.24) is 4.98 Å². The van der Waals surface area contributed by atoms with Gasteiger partial charge in [-0.3, -0.25) is 0 Å². The first-order valence-electron chi connectivity index (χ1n) is 5.92. The Hall–Kier alpha value is -1.39. The van der Waals surface area contributed by atoms with Gasteiger partial charge in [-0.2, -0.15) is 0 Å². The standard InChI is InChI=1S/C14H17NO2S/c1-10-5-11(2)7-13(6-10)17-4-3-14-15-12(8-16)9-18-14/h5-7,9,16H,3-4,8H2,1-2H3. The van der Waals surface area contributed by atoms with Crippen molar-refractivity contribution >= 4 is 11.3 Å². The molecule has 0 atom stereocenters. The van der Waals surface area contributed by atoms with Crippen molar-refractivity contribution in [3.63, 3.8) is 0 Å². The lowest BCUT2D eigenvalue weighted by Gasteiger charge is -2.07. The van der Waals surface area contributed by atoms with Crippen molar-refractivity contribution in [2.45, 2.75) is 26.9 Å². The van der Waals surface area contributed by atoms with E-state index in [0.717, 1.165) is 22.9 Å². The lowest BCUT2D eigenvalue weighted by atomic mass is 10.1. The van der Waals surface area contributed by atoms with Crippen LogP contribution in [0.15, 0.2) is 23.6 Å². The van der Waals surface area contributed by atoms with E-state index < -0.39 is 0 Å². The number of aliphatic hydroxyl groups is 1. The molecule has 0 aliphatic rings. The van der Waals surface area contributed by atoms with E-state index in [1.807, 2.05) is 17.5 Å². The van der Waals surface area contributed by atoms with E-state index in [1.54, 1.807) is 11.3 Å². The molecule has 0 unspecified atom stereocenters. The molecule has 0 amide bonds. The van der Waals surface area contributed by atoms with Gasteiger partial charge in [0, 0.05) is 11.8 Å². The quantitative estimate of drug-likeness (QED) is 0.902. The Balaban J connectivity index is 1.88. The van der Waals surface area contributed by atoms with Gasteiger partial charge in [-0.15, -0.1) is 11.3 Å². The van der Waals surface area contributed by atoms with Crippen LogP contribution in [0.25, 0.3) is 0 Å². The second-order valence-electron chi connectivity index (χ2n) is 4.31. The average Bonchev–Trinajstić information content (AvgIpc) is 2.76. The van der Waals surface area contributed by atoms with E-state index in [0.29, 0.717) is 6.61 Å². The van der Waals surface area contributed by atoms with Crippen LogP contribution < -0.4 is 4.74 Å². The molecule has 0 radical (unpaired) electrons. The Bertz CT molecular complexity index is 502. The number of rotatable bonds is 5. The molecule has 0 spiro atoms. The number of benzene rings is 1. The Kier molecular flexibility index (Phi) is 4.33. The monoisotopic (exact) mass is 263 g/mol. The summed E-state index contributed by atoms with van der Waals surface area (Å²) in [6.07, 6.45) is 0.775. The zero-order valence-corrected chi connectivity index (χ0v) is 11.5. The Morgan fingerprint density at radius 3 is 2.56 bits per heavy atom. The molecule has 0 bridgehead atoms. The van der Waals surface area contributed by atoms with Crippen LogP contribution >= 0.6 is 11.3 Å². The van der Waals surface area contributed by atoms with E-state index >= 15 is 0 Å². The van der Waals surface area contributed by atoms with Crippen molar-refractivity contribution in [1.29, 1.82) is 0 Å². The first-order chi connectivity index (χ1) is 8.67. The molecule has 18 heavy (non-hydrogen) atoms. The Labute approximate surface area is 111 Å². The fraction of sp³-hybridized carbons (Fsp3) is 0.357. The van der Waals surface area contributed by atoms with Gasteiger partial charge in [0.2, 0.25) is 0 Å². The third-order valence-electron chi connectivity index (χ3n) is 2.54. The summed E-state index contributed by atoms with van der Waals surface area (Å²) in [5.74, 6) is 0.909. The van der Waals surface area contributed by atoms with Crippen molar-refractivity contribution in [3.8, 4) is 5.75 Å². The van der Waals surface area contributed by atoms with Crippen LogP contribution in [0.4, 0.5) is 0 Å². The molecule has 1 aromatic heterocycles. The van der Waals surface area contributed by atoms with Crippen LogP contribution in [0.2, 0.25) is 0 Å². The molecule has 0 fully saturated rings. The molecule has 96 valence electrons. The number of aryl methyl sites for hydroxylation is 2. The molecular weight excluding hydrogens is 246 g/mol. The topological polar surface area (TPSA) is 42.4 Å². The zero-order valence-electron chi connectivity index (χ0n) is 10.6.